The summed E-state index contributed by atoms with van der Waals surface area (Å²) in [5.74, 6) is -0.448. The third-order valence-corrected chi connectivity index (χ3v) is 4.84. The fourth-order valence-electron chi connectivity index (χ4n) is 2.79. The number of amides is 2. The van der Waals surface area contributed by atoms with Crippen molar-refractivity contribution in [3.63, 3.8) is 0 Å². The Morgan fingerprint density at radius 1 is 1.08 bits per heavy atom. The zero-order valence-corrected chi connectivity index (χ0v) is 14.9. The van der Waals surface area contributed by atoms with Gasteiger partial charge in [-0.3, -0.25) is 9.59 Å². The van der Waals surface area contributed by atoms with E-state index in [0.717, 1.165) is 17.5 Å². The lowest BCUT2D eigenvalue weighted by Crippen LogP contribution is -2.40. The van der Waals surface area contributed by atoms with Crippen LogP contribution in [0.5, 0.6) is 0 Å². The zero-order chi connectivity index (χ0) is 17.9. The van der Waals surface area contributed by atoms with Crippen LogP contribution in [0.2, 0.25) is 5.02 Å². The largest absolute Gasteiger partial charge is 0.355 e. The van der Waals surface area contributed by atoms with Gasteiger partial charge in [-0.25, -0.2) is 0 Å². The van der Waals surface area contributed by atoms with Gasteiger partial charge < -0.3 is 10.6 Å². The maximum Gasteiger partial charge on any atom is 0.240 e. The molecule has 4 nitrogen and oxygen atoms in total. The molecule has 0 heterocycles. The van der Waals surface area contributed by atoms with Crippen LogP contribution in [0.15, 0.2) is 48.5 Å². The van der Waals surface area contributed by atoms with E-state index in [-0.39, 0.29) is 11.8 Å². The van der Waals surface area contributed by atoms with E-state index >= 15 is 0 Å². The molecule has 0 unspecified atom stereocenters. The Balaban J connectivity index is 1.58. The summed E-state index contributed by atoms with van der Waals surface area (Å²) in [6, 6.07) is 15.3. The number of carbonyl (C=O) groups excluding carboxylic acids is 2. The summed E-state index contributed by atoms with van der Waals surface area (Å²) in [7, 11) is 0. The van der Waals surface area contributed by atoms with Crippen LogP contribution >= 0.6 is 11.6 Å². The summed E-state index contributed by atoms with van der Waals surface area (Å²) in [6.45, 7) is 2.42. The van der Waals surface area contributed by atoms with Crippen molar-refractivity contribution in [1.29, 1.82) is 0 Å². The van der Waals surface area contributed by atoms with Gasteiger partial charge in [0.25, 0.3) is 0 Å². The predicted molar refractivity (Wildman–Crippen MR) is 99.6 cm³/mol. The molecule has 25 heavy (non-hydrogen) atoms. The molecule has 2 amide bonds. The summed E-state index contributed by atoms with van der Waals surface area (Å²) >= 11 is 5.99. The molecule has 5 heteroatoms. The highest BCUT2D eigenvalue weighted by Crippen LogP contribution is 2.47. The van der Waals surface area contributed by atoms with Crippen LogP contribution in [0.3, 0.4) is 0 Å². The van der Waals surface area contributed by atoms with Crippen molar-refractivity contribution in [1.82, 2.24) is 5.32 Å². The first-order valence-electron chi connectivity index (χ1n) is 8.41. The van der Waals surface area contributed by atoms with Gasteiger partial charge in [-0.1, -0.05) is 48.0 Å². The van der Waals surface area contributed by atoms with E-state index in [9.17, 15) is 9.59 Å². The van der Waals surface area contributed by atoms with Gasteiger partial charge in [-0.05, 0) is 49.4 Å². The van der Waals surface area contributed by atoms with Crippen molar-refractivity contribution in [2.45, 2.75) is 26.2 Å². The van der Waals surface area contributed by atoms with Crippen molar-refractivity contribution in [2.24, 2.45) is 5.41 Å². The maximum atomic E-state index is 12.6. The molecule has 0 bridgehead atoms. The number of rotatable bonds is 6. The van der Waals surface area contributed by atoms with Gasteiger partial charge in [0.05, 0.1) is 0 Å². The van der Waals surface area contributed by atoms with Crippen molar-refractivity contribution >= 4 is 29.1 Å². The minimum Gasteiger partial charge on any atom is -0.355 e. The first-order valence-corrected chi connectivity index (χ1v) is 8.79. The third-order valence-electron chi connectivity index (χ3n) is 4.61. The number of halogens is 1. The number of carbonyl (C=O) groups is 2. The second kappa shape index (κ2) is 7.28. The Hall–Kier alpha value is -2.33. The summed E-state index contributed by atoms with van der Waals surface area (Å²) in [5.41, 5.74) is 1.79. The topological polar surface area (TPSA) is 58.2 Å². The predicted octanol–water partition coefficient (Wildman–Crippen LogP) is 3.73. The van der Waals surface area contributed by atoms with E-state index < -0.39 is 5.41 Å². The maximum absolute atomic E-state index is 12.6. The lowest BCUT2D eigenvalue weighted by molar-refractivity contribution is -0.134. The molecule has 1 aliphatic carbocycles. The van der Waals surface area contributed by atoms with E-state index in [2.05, 4.69) is 10.6 Å². The van der Waals surface area contributed by atoms with Gasteiger partial charge in [0.2, 0.25) is 11.8 Å². The van der Waals surface area contributed by atoms with Crippen LogP contribution in [0.1, 0.15) is 24.0 Å². The molecule has 0 saturated heterocycles. The van der Waals surface area contributed by atoms with Crippen LogP contribution in [0, 0.1) is 12.3 Å². The van der Waals surface area contributed by atoms with Crippen LogP contribution in [-0.2, 0) is 16.0 Å². The molecule has 2 N–H and O–H groups in total. The number of hydrogen-bond acceptors (Lipinski definition) is 2. The minimum absolute atomic E-state index is 0.194. The monoisotopic (exact) mass is 356 g/mol. The molecular formula is C20H21ClN2O2. The quantitative estimate of drug-likeness (QED) is 0.775. The van der Waals surface area contributed by atoms with Crippen LogP contribution in [0.4, 0.5) is 5.69 Å². The molecule has 0 radical (unpaired) electrons. The molecule has 1 fully saturated rings. The highest BCUT2D eigenvalue weighted by Gasteiger charge is 2.56. The van der Waals surface area contributed by atoms with E-state index in [0.29, 0.717) is 30.1 Å². The molecule has 2 aromatic carbocycles. The molecule has 0 spiro atoms. The van der Waals surface area contributed by atoms with Crippen molar-refractivity contribution in [3.8, 4) is 0 Å². The van der Waals surface area contributed by atoms with Gasteiger partial charge in [0.1, 0.15) is 5.41 Å². The molecule has 0 aromatic heterocycles. The Bertz CT molecular complexity index is 786. The average Bonchev–Trinajstić information content (AvgIpc) is 3.41. The number of anilines is 1. The molecule has 130 valence electrons. The lowest BCUT2D eigenvalue weighted by atomic mass is 10.0. The Morgan fingerprint density at radius 2 is 1.80 bits per heavy atom. The summed E-state index contributed by atoms with van der Waals surface area (Å²) in [6.07, 6.45) is 1.91. The van der Waals surface area contributed by atoms with Gasteiger partial charge in [0.15, 0.2) is 0 Å². The number of hydrogen-bond donors (Lipinski definition) is 2. The van der Waals surface area contributed by atoms with Crippen LogP contribution < -0.4 is 10.6 Å². The molecule has 2 aromatic rings. The van der Waals surface area contributed by atoms with Crippen LogP contribution in [-0.4, -0.2) is 18.4 Å². The first kappa shape index (κ1) is 17.5. The van der Waals surface area contributed by atoms with Gasteiger partial charge in [-0.15, -0.1) is 0 Å². The fourth-order valence-corrected chi connectivity index (χ4v) is 2.96. The Morgan fingerprint density at radius 3 is 2.48 bits per heavy atom. The van der Waals surface area contributed by atoms with Gasteiger partial charge >= 0.3 is 0 Å². The molecule has 0 aliphatic heterocycles. The molecule has 3 rings (SSSR count). The van der Waals surface area contributed by atoms with Gasteiger partial charge in [0, 0.05) is 17.3 Å². The van der Waals surface area contributed by atoms with E-state index in [1.807, 2.05) is 43.3 Å². The average molecular weight is 357 g/mol. The van der Waals surface area contributed by atoms with E-state index in [4.69, 9.17) is 11.6 Å². The molecule has 0 atom stereocenters. The van der Waals surface area contributed by atoms with Crippen molar-refractivity contribution < 1.29 is 9.59 Å². The summed E-state index contributed by atoms with van der Waals surface area (Å²) < 4.78 is 0. The smallest absolute Gasteiger partial charge is 0.240 e. The number of nitrogens with one attached hydrogen (secondary N) is 2. The highest BCUT2D eigenvalue weighted by atomic mass is 35.5. The second-order valence-electron chi connectivity index (χ2n) is 6.49. The first-order chi connectivity index (χ1) is 12.0. The summed E-state index contributed by atoms with van der Waals surface area (Å²) in [5, 5.41) is 6.31. The van der Waals surface area contributed by atoms with E-state index in [1.165, 1.54) is 0 Å². The third kappa shape index (κ3) is 4.02. The van der Waals surface area contributed by atoms with Crippen LogP contribution in [0.25, 0.3) is 0 Å². The minimum atomic E-state index is -0.939. The normalized spacial score (nSPS) is 14.6. The Labute approximate surface area is 152 Å². The van der Waals surface area contributed by atoms with Crippen molar-refractivity contribution in [3.05, 3.63) is 64.7 Å². The Kier molecular flexibility index (Phi) is 5.09. The zero-order valence-electron chi connectivity index (χ0n) is 14.1. The molecule has 1 saturated carbocycles. The lowest BCUT2D eigenvalue weighted by Gasteiger charge is -2.16. The summed E-state index contributed by atoms with van der Waals surface area (Å²) in [4.78, 5) is 25.1. The molecular weight excluding hydrogens is 336 g/mol. The SMILES string of the molecule is Cc1ccc(Cl)cc1NC(=O)C1(C(=O)NCCc2ccccc2)CC1. The van der Waals surface area contributed by atoms with E-state index in [1.54, 1.807) is 12.1 Å². The fraction of sp³-hybridized carbons (Fsp3) is 0.300. The van der Waals surface area contributed by atoms with Gasteiger partial charge in [-0.2, -0.15) is 0 Å². The number of benzene rings is 2. The molecule has 1 aliphatic rings. The highest BCUT2D eigenvalue weighted by molar-refractivity contribution is 6.31. The van der Waals surface area contributed by atoms with Crippen molar-refractivity contribution in [2.75, 3.05) is 11.9 Å². The number of aryl methyl sites for hydroxylation is 1. The second-order valence-corrected chi connectivity index (χ2v) is 6.92. The standard InChI is InChI=1S/C20H21ClN2O2/c1-14-7-8-16(21)13-17(14)23-19(25)20(10-11-20)18(24)22-12-9-15-5-3-2-4-6-15/h2-8,13H,9-12H2,1H3,(H,22,24)(H,23,25).